The van der Waals surface area contributed by atoms with Crippen LogP contribution in [0.25, 0.3) is 6.08 Å². The molecule has 1 atom stereocenters. The number of carbonyl (C=O) groups is 2. The second-order valence-electron chi connectivity index (χ2n) is 8.00. The molecular formula is C27H25NO5S. The van der Waals surface area contributed by atoms with Crippen molar-refractivity contribution in [2.75, 3.05) is 6.61 Å². The van der Waals surface area contributed by atoms with Crippen LogP contribution in [0.4, 0.5) is 0 Å². The highest BCUT2D eigenvalue weighted by atomic mass is 32.2. The van der Waals surface area contributed by atoms with Crippen molar-refractivity contribution < 1.29 is 22.7 Å². The minimum atomic E-state index is -4.20. The van der Waals surface area contributed by atoms with E-state index in [4.69, 9.17) is 4.74 Å². The van der Waals surface area contributed by atoms with Crippen molar-refractivity contribution in [1.29, 1.82) is 0 Å². The summed E-state index contributed by atoms with van der Waals surface area (Å²) in [5.41, 5.74) is 2.40. The van der Waals surface area contributed by atoms with Gasteiger partial charge in [-0.15, -0.1) is 0 Å². The fourth-order valence-corrected chi connectivity index (χ4v) is 5.68. The molecule has 0 radical (unpaired) electrons. The first kappa shape index (κ1) is 23.4. The molecule has 174 valence electrons. The first-order chi connectivity index (χ1) is 16.3. The van der Waals surface area contributed by atoms with Crippen LogP contribution in [0, 0.1) is 6.92 Å². The third-order valence-corrected chi connectivity index (χ3v) is 7.50. The van der Waals surface area contributed by atoms with Gasteiger partial charge in [-0.1, -0.05) is 72.3 Å². The van der Waals surface area contributed by atoms with Crippen molar-refractivity contribution in [2.24, 2.45) is 0 Å². The molecule has 1 aliphatic rings. The van der Waals surface area contributed by atoms with E-state index in [1.807, 2.05) is 25.1 Å². The summed E-state index contributed by atoms with van der Waals surface area (Å²) >= 11 is 0. The Morgan fingerprint density at radius 2 is 1.62 bits per heavy atom. The maximum absolute atomic E-state index is 14.0. The molecule has 0 saturated heterocycles. The molecule has 7 heteroatoms. The summed E-state index contributed by atoms with van der Waals surface area (Å²) in [5, 5.41) is 0. The van der Waals surface area contributed by atoms with Crippen LogP contribution in [-0.2, 0) is 19.6 Å². The molecule has 0 bridgehead atoms. The minimum Gasteiger partial charge on any atom is -0.466 e. The highest BCUT2D eigenvalue weighted by molar-refractivity contribution is 7.89. The van der Waals surface area contributed by atoms with Gasteiger partial charge in [-0.3, -0.25) is 13.9 Å². The van der Waals surface area contributed by atoms with E-state index in [1.165, 1.54) is 12.1 Å². The van der Waals surface area contributed by atoms with Crippen molar-refractivity contribution in [3.05, 3.63) is 107 Å². The lowest BCUT2D eigenvalue weighted by Crippen LogP contribution is -2.42. The van der Waals surface area contributed by atoms with Gasteiger partial charge in [0, 0.05) is 5.56 Å². The highest BCUT2D eigenvalue weighted by Gasteiger charge is 2.43. The van der Waals surface area contributed by atoms with Gasteiger partial charge >= 0.3 is 5.97 Å². The monoisotopic (exact) mass is 475 g/mol. The van der Waals surface area contributed by atoms with Crippen LogP contribution in [0.3, 0.4) is 0 Å². The van der Waals surface area contributed by atoms with Gasteiger partial charge in [0.1, 0.15) is 5.70 Å². The summed E-state index contributed by atoms with van der Waals surface area (Å²) in [4.78, 5) is 26.2. The van der Waals surface area contributed by atoms with Crippen LogP contribution in [0.15, 0.2) is 89.5 Å². The Morgan fingerprint density at radius 3 is 2.29 bits per heavy atom. The van der Waals surface area contributed by atoms with Crippen molar-refractivity contribution >= 4 is 27.9 Å². The van der Waals surface area contributed by atoms with Gasteiger partial charge in [0.25, 0.3) is 10.0 Å². The Balaban J connectivity index is 1.97. The number of fused-ring (bicyclic) bond motifs is 1. The molecule has 0 saturated carbocycles. The van der Waals surface area contributed by atoms with Crippen LogP contribution in [-0.4, -0.2) is 31.1 Å². The number of esters is 1. The van der Waals surface area contributed by atoms with E-state index in [2.05, 4.69) is 0 Å². The number of nitrogens with zero attached hydrogens (tertiary/aromatic N) is 1. The minimum absolute atomic E-state index is 0.0141. The Labute approximate surface area is 199 Å². The smallest absolute Gasteiger partial charge is 0.308 e. The number of ketones is 1. The van der Waals surface area contributed by atoms with Crippen molar-refractivity contribution in [1.82, 2.24) is 4.31 Å². The van der Waals surface area contributed by atoms with Gasteiger partial charge in [-0.2, -0.15) is 0 Å². The van der Waals surface area contributed by atoms with E-state index in [1.54, 1.807) is 61.5 Å². The number of allylic oxidation sites excluding steroid dienone is 1. The Morgan fingerprint density at radius 1 is 0.971 bits per heavy atom. The van der Waals surface area contributed by atoms with Gasteiger partial charge < -0.3 is 4.74 Å². The number of carbonyl (C=O) groups excluding carboxylic acids is 2. The number of sulfonamides is 1. The molecule has 0 aromatic heterocycles. The number of ether oxygens (including phenoxy) is 1. The van der Waals surface area contributed by atoms with E-state index in [-0.39, 0.29) is 23.6 Å². The van der Waals surface area contributed by atoms with Crippen LogP contribution >= 0.6 is 0 Å². The summed E-state index contributed by atoms with van der Waals surface area (Å²) in [6, 6.07) is 21.3. The number of Topliss-reactive ketones (excluding diaryl/α,β-unsaturated/α-hetero) is 1. The number of rotatable bonds is 6. The molecule has 0 N–H and O–H groups in total. The van der Waals surface area contributed by atoms with Gasteiger partial charge in [0.15, 0.2) is 0 Å². The molecule has 3 aromatic carbocycles. The summed E-state index contributed by atoms with van der Waals surface area (Å²) in [6.45, 7) is 3.72. The van der Waals surface area contributed by atoms with E-state index in [0.717, 1.165) is 9.87 Å². The molecule has 0 amide bonds. The quantitative estimate of drug-likeness (QED) is 0.374. The lowest BCUT2D eigenvalue weighted by molar-refractivity contribution is -0.144. The predicted molar refractivity (Wildman–Crippen MR) is 129 cm³/mol. The second-order valence-corrected chi connectivity index (χ2v) is 9.81. The predicted octanol–water partition coefficient (Wildman–Crippen LogP) is 4.92. The zero-order valence-electron chi connectivity index (χ0n) is 19.0. The first-order valence-electron chi connectivity index (χ1n) is 11.0. The zero-order valence-corrected chi connectivity index (χ0v) is 19.8. The third-order valence-electron chi connectivity index (χ3n) is 5.66. The van der Waals surface area contributed by atoms with Crippen LogP contribution < -0.4 is 0 Å². The molecule has 1 aliphatic heterocycles. The SMILES string of the molecule is CCOC(=O)C[C@@H]1c2ccccc2C(=O)/C(=C/c2ccccc2)N1S(=O)(=O)c1ccc(C)cc1. The van der Waals surface area contributed by atoms with Gasteiger partial charge in [0.2, 0.25) is 5.78 Å². The largest absolute Gasteiger partial charge is 0.466 e. The van der Waals surface area contributed by atoms with Gasteiger partial charge in [-0.25, -0.2) is 8.42 Å². The maximum Gasteiger partial charge on any atom is 0.308 e. The van der Waals surface area contributed by atoms with Crippen LogP contribution in [0.5, 0.6) is 0 Å². The highest BCUT2D eigenvalue weighted by Crippen LogP contribution is 2.42. The Hall–Kier alpha value is -3.71. The van der Waals surface area contributed by atoms with Gasteiger partial charge in [0.05, 0.1) is 24.0 Å². The van der Waals surface area contributed by atoms with Gasteiger partial charge in [-0.05, 0) is 43.2 Å². The van der Waals surface area contributed by atoms with E-state index >= 15 is 0 Å². The van der Waals surface area contributed by atoms with Crippen molar-refractivity contribution in [3.8, 4) is 0 Å². The normalized spacial score (nSPS) is 16.9. The third kappa shape index (κ3) is 4.52. The topological polar surface area (TPSA) is 80.8 Å². The lowest BCUT2D eigenvalue weighted by atomic mass is 9.89. The molecule has 1 heterocycles. The van der Waals surface area contributed by atoms with E-state index < -0.39 is 27.8 Å². The summed E-state index contributed by atoms with van der Waals surface area (Å²) in [7, 11) is -4.20. The molecule has 0 spiro atoms. The Bertz CT molecular complexity index is 1350. The van der Waals surface area contributed by atoms with E-state index in [0.29, 0.717) is 16.7 Å². The van der Waals surface area contributed by atoms with Crippen molar-refractivity contribution in [3.63, 3.8) is 0 Å². The number of hydrogen-bond donors (Lipinski definition) is 0. The maximum atomic E-state index is 14.0. The summed E-state index contributed by atoms with van der Waals surface area (Å²) < 4.78 is 34.2. The van der Waals surface area contributed by atoms with E-state index in [9.17, 15) is 18.0 Å². The average Bonchev–Trinajstić information content (AvgIpc) is 2.83. The number of benzene rings is 3. The molecule has 0 fully saturated rings. The molecule has 3 aromatic rings. The molecule has 4 rings (SSSR count). The molecular weight excluding hydrogens is 450 g/mol. The number of hydrogen-bond acceptors (Lipinski definition) is 5. The molecule has 6 nitrogen and oxygen atoms in total. The second kappa shape index (κ2) is 9.65. The molecule has 0 unspecified atom stereocenters. The summed E-state index contributed by atoms with van der Waals surface area (Å²) in [5.74, 6) is -0.963. The molecule has 0 aliphatic carbocycles. The lowest BCUT2D eigenvalue weighted by Gasteiger charge is -2.38. The first-order valence-corrected chi connectivity index (χ1v) is 12.4. The standard InChI is InChI=1S/C27H25NO5S/c1-3-33-26(29)18-24-22-11-7-8-12-23(22)27(30)25(17-20-9-5-4-6-10-20)28(24)34(31,32)21-15-13-19(2)14-16-21/h4-17,24H,3,18H2,1-2H3/b25-17-/t24-/m1/s1. The number of aryl methyl sites for hydroxylation is 1. The fourth-order valence-electron chi connectivity index (χ4n) is 4.05. The van der Waals surface area contributed by atoms with Crippen LogP contribution in [0.1, 0.15) is 46.4 Å². The summed E-state index contributed by atoms with van der Waals surface area (Å²) in [6.07, 6.45) is 1.33. The zero-order chi connectivity index (χ0) is 24.3. The average molecular weight is 476 g/mol. The Kier molecular flexibility index (Phi) is 6.65. The molecule has 34 heavy (non-hydrogen) atoms. The van der Waals surface area contributed by atoms with Crippen molar-refractivity contribution in [2.45, 2.75) is 31.2 Å². The van der Waals surface area contributed by atoms with Crippen LogP contribution in [0.2, 0.25) is 0 Å². The fraction of sp³-hybridized carbons (Fsp3) is 0.185.